The third-order valence-electron chi connectivity index (χ3n) is 3.04. The maximum absolute atomic E-state index is 5.51. The molecule has 0 aromatic carbocycles. The lowest BCUT2D eigenvalue weighted by Crippen LogP contribution is -2.46. The lowest BCUT2D eigenvalue weighted by Gasteiger charge is -2.24. The Balaban J connectivity index is 2.03. The van der Waals surface area contributed by atoms with Gasteiger partial charge in [0.2, 0.25) is 5.96 Å². The Bertz CT molecular complexity index is 234. The zero-order chi connectivity index (χ0) is 10.1. The van der Waals surface area contributed by atoms with Gasteiger partial charge in [0.05, 0.1) is 6.04 Å². The van der Waals surface area contributed by atoms with Crippen molar-refractivity contribution < 1.29 is 0 Å². The number of hydrazine groups is 1. The standard InChI is InChI=1S/C10H20N4/c1-7-5-8(2)14(6-7)10(13-11)12-9-3-4-9/h7-9H,3-6,11H2,1-2H3,(H,12,13). The second-order valence-electron chi connectivity index (χ2n) is 4.67. The van der Waals surface area contributed by atoms with Crippen molar-refractivity contribution in [1.82, 2.24) is 10.3 Å². The maximum Gasteiger partial charge on any atom is 0.208 e. The van der Waals surface area contributed by atoms with Crippen molar-refractivity contribution in [2.75, 3.05) is 6.54 Å². The molecule has 2 unspecified atom stereocenters. The number of guanidine groups is 1. The van der Waals surface area contributed by atoms with E-state index in [-0.39, 0.29) is 0 Å². The number of hydrogen-bond donors (Lipinski definition) is 2. The maximum atomic E-state index is 5.51. The minimum Gasteiger partial charge on any atom is -0.339 e. The van der Waals surface area contributed by atoms with Crippen LogP contribution >= 0.6 is 0 Å². The highest BCUT2D eigenvalue weighted by atomic mass is 15.4. The molecule has 1 saturated carbocycles. The Labute approximate surface area is 85.5 Å². The predicted octanol–water partition coefficient (Wildman–Crippen LogP) is 0.698. The molecule has 1 aliphatic heterocycles. The highest BCUT2D eigenvalue weighted by molar-refractivity contribution is 5.80. The highest BCUT2D eigenvalue weighted by Gasteiger charge is 2.30. The number of rotatable bonds is 1. The summed E-state index contributed by atoms with van der Waals surface area (Å²) >= 11 is 0. The Morgan fingerprint density at radius 3 is 2.57 bits per heavy atom. The second-order valence-corrected chi connectivity index (χ2v) is 4.67. The summed E-state index contributed by atoms with van der Waals surface area (Å²) in [6.45, 7) is 5.60. The van der Waals surface area contributed by atoms with E-state index in [1.807, 2.05) is 0 Å². The van der Waals surface area contributed by atoms with Crippen LogP contribution in [0.4, 0.5) is 0 Å². The van der Waals surface area contributed by atoms with Crippen LogP contribution in [0.3, 0.4) is 0 Å². The van der Waals surface area contributed by atoms with E-state index in [1.54, 1.807) is 0 Å². The lowest BCUT2D eigenvalue weighted by atomic mass is 10.1. The van der Waals surface area contributed by atoms with Crippen LogP contribution in [0.2, 0.25) is 0 Å². The average molecular weight is 196 g/mol. The van der Waals surface area contributed by atoms with Crippen molar-refractivity contribution in [3.63, 3.8) is 0 Å². The zero-order valence-corrected chi connectivity index (χ0v) is 9.03. The van der Waals surface area contributed by atoms with Gasteiger partial charge in [-0.2, -0.15) is 0 Å². The molecule has 1 aliphatic carbocycles. The van der Waals surface area contributed by atoms with Gasteiger partial charge in [0.25, 0.3) is 0 Å². The van der Waals surface area contributed by atoms with Crippen molar-refractivity contribution in [3.8, 4) is 0 Å². The summed E-state index contributed by atoms with van der Waals surface area (Å²) in [5, 5.41) is 0. The van der Waals surface area contributed by atoms with E-state index in [9.17, 15) is 0 Å². The Hall–Kier alpha value is -0.770. The number of nitrogens with zero attached hydrogens (tertiary/aromatic N) is 2. The first-order valence-electron chi connectivity index (χ1n) is 5.51. The quantitative estimate of drug-likeness (QED) is 0.281. The van der Waals surface area contributed by atoms with Crippen molar-refractivity contribution in [1.29, 1.82) is 0 Å². The molecule has 0 amide bonds. The summed E-state index contributed by atoms with van der Waals surface area (Å²) in [5.74, 6) is 7.16. The first-order chi connectivity index (χ1) is 6.70. The molecule has 14 heavy (non-hydrogen) atoms. The summed E-state index contributed by atoms with van der Waals surface area (Å²) < 4.78 is 0. The molecule has 0 aromatic heterocycles. The van der Waals surface area contributed by atoms with E-state index in [4.69, 9.17) is 5.84 Å². The number of likely N-dealkylation sites (tertiary alicyclic amines) is 1. The van der Waals surface area contributed by atoms with Gasteiger partial charge in [-0.25, -0.2) is 10.8 Å². The molecule has 2 rings (SSSR count). The monoisotopic (exact) mass is 196 g/mol. The van der Waals surface area contributed by atoms with Crippen molar-refractivity contribution >= 4 is 5.96 Å². The number of nitrogens with one attached hydrogen (secondary N) is 1. The van der Waals surface area contributed by atoms with Crippen LogP contribution in [0, 0.1) is 5.92 Å². The fourth-order valence-corrected chi connectivity index (χ4v) is 2.17. The molecule has 80 valence electrons. The zero-order valence-electron chi connectivity index (χ0n) is 9.03. The van der Waals surface area contributed by atoms with E-state index in [0.717, 1.165) is 18.4 Å². The van der Waals surface area contributed by atoms with Gasteiger partial charge in [-0.3, -0.25) is 5.43 Å². The topological polar surface area (TPSA) is 53.6 Å². The fourth-order valence-electron chi connectivity index (χ4n) is 2.17. The molecule has 2 atom stereocenters. The van der Waals surface area contributed by atoms with Crippen LogP contribution in [0.1, 0.15) is 33.1 Å². The van der Waals surface area contributed by atoms with Crippen LogP contribution in [-0.4, -0.2) is 29.5 Å². The van der Waals surface area contributed by atoms with Crippen LogP contribution in [0.25, 0.3) is 0 Å². The molecule has 3 N–H and O–H groups in total. The average Bonchev–Trinajstić information content (AvgIpc) is 2.89. The predicted molar refractivity (Wildman–Crippen MR) is 57.7 cm³/mol. The van der Waals surface area contributed by atoms with E-state index in [1.165, 1.54) is 19.3 Å². The van der Waals surface area contributed by atoms with Gasteiger partial charge >= 0.3 is 0 Å². The Kier molecular flexibility index (Phi) is 2.63. The van der Waals surface area contributed by atoms with E-state index in [2.05, 4.69) is 29.2 Å². The minimum absolute atomic E-state index is 0.532. The molecular formula is C10H20N4. The van der Waals surface area contributed by atoms with Crippen LogP contribution in [0.5, 0.6) is 0 Å². The molecule has 1 saturated heterocycles. The van der Waals surface area contributed by atoms with Crippen LogP contribution in [-0.2, 0) is 0 Å². The first kappa shape index (κ1) is 9.77. The summed E-state index contributed by atoms with van der Waals surface area (Å²) in [7, 11) is 0. The number of hydrogen-bond acceptors (Lipinski definition) is 2. The molecule has 0 spiro atoms. The summed E-state index contributed by atoms with van der Waals surface area (Å²) in [5.41, 5.74) is 2.74. The molecule has 0 bridgehead atoms. The Morgan fingerprint density at radius 1 is 1.43 bits per heavy atom. The van der Waals surface area contributed by atoms with Gasteiger partial charge in [-0.05, 0) is 32.1 Å². The molecule has 0 aromatic rings. The van der Waals surface area contributed by atoms with E-state index < -0.39 is 0 Å². The molecule has 0 radical (unpaired) electrons. The van der Waals surface area contributed by atoms with Gasteiger partial charge in [0.1, 0.15) is 0 Å². The SMILES string of the molecule is CC1CC(C)N(C(=NC2CC2)NN)C1. The molecule has 4 heteroatoms. The minimum atomic E-state index is 0.532. The summed E-state index contributed by atoms with van der Waals surface area (Å²) in [6, 6.07) is 1.10. The summed E-state index contributed by atoms with van der Waals surface area (Å²) in [4.78, 5) is 6.87. The van der Waals surface area contributed by atoms with Crippen LogP contribution < -0.4 is 11.3 Å². The number of nitrogens with two attached hydrogens (primary N) is 1. The van der Waals surface area contributed by atoms with Crippen molar-refractivity contribution in [3.05, 3.63) is 0 Å². The van der Waals surface area contributed by atoms with Crippen molar-refractivity contribution in [2.45, 2.75) is 45.2 Å². The van der Waals surface area contributed by atoms with Gasteiger partial charge in [-0.1, -0.05) is 6.92 Å². The normalized spacial score (nSPS) is 33.6. The highest BCUT2D eigenvalue weighted by Crippen LogP contribution is 2.26. The third kappa shape index (κ3) is 2.00. The van der Waals surface area contributed by atoms with Gasteiger partial charge in [-0.15, -0.1) is 0 Å². The fraction of sp³-hybridized carbons (Fsp3) is 0.900. The lowest BCUT2D eigenvalue weighted by molar-refractivity contribution is 0.394. The smallest absolute Gasteiger partial charge is 0.208 e. The molecular weight excluding hydrogens is 176 g/mol. The van der Waals surface area contributed by atoms with Crippen molar-refractivity contribution in [2.24, 2.45) is 16.8 Å². The number of aliphatic imine (C=N–C) groups is 1. The first-order valence-corrected chi connectivity index (χ1v) is 5.51. The largest absolute Gasteiger partial charge is 0.339 e. The molecule has 1 heterocycles. The molecule has 4 nitrogen and oxygen atoms in total. The van der Waals surface area contributed by atoms with Gasteiger partial charge in [0, 0.05) is 12.6 Å². The Morgan fingerprint density at radius 2 is 2.14 bits per heavy atom. The summed E-state index contributed by atoms with van der Waals surface area (Å²) in [6.07, 6.45) is 3.69. The molecule has 2 fully saturated rings. The van der Waals surface area contributed by atoms with Gasteiger partial charge in [0.15, 0.2) is 0 Å². The second kappa shape index (κ2) is 3.77. The third-order valence-corrected chi connectivity index (χ3v) is 3.04. The van der Waals surface area contributed by atoms with E-state index >= 15 is 0 Å². The van der Waals surface area contributed by atoms with Crippen LogP contribution in [0.15, 0.2) is 4.99 Å². The van der Waals surface area contributed by atoms with E-state index in [0.29, 0.717) is 12.1 Å². The molecule has 2 aliphatic rings. The van der Waals surface area contributed by atoms with Gasteiger partial charge < -0.3 is 4.90 Å².